The first-order chi connectivity index (χ1) is 7.20. The zero-order valence-electron chi connectivity index (χ0n) is 8.43. The normalized spacial score (nSPS) is 21.4. The predicted octanol–water partition coefficient (Wildman–Crippen LogP) is 1.38. The van der Waals surface area contributed by atoms with Crippen molar-refractivity contribution in [1.29, 1.82) is 0 Å². The minimum atomic E-state index is -0.343. The second-order valence-corrected chi connectivity index (χ2v) is 3.60. The highest BCUT2D eigenvalue weighted by Crippen LogP contribution is 2.18. The van der Waals surface area contributed by atoms with Crippen molar-refractivity contribution in [3.63, 3.8) is 0 Å². The van der Waals surface area contributed by atoms with Crippen LogP contribution >= 0.6 is 0 Å². The number of imide groups is 1. The van der Waals surface area contributed by atoms with Crippen molar-refractivity contribution in [2.24, 2.45) is 5.92 Å². The summed E-state index contributed by atoms with van der Waals surface area (Å²) in [6.07, 6.45) is 0. The number of urea groups is 1. The topological polar surface area (TPSA) is 49.4 Å². The molecule has 1 saturated heterocycles. The molecule has 1 fully saturated rings. The number of carbonyl (C=O) groups is 2. The highest BCUT2D eigenvalue weighted by Gasteiger charge is 2.32. The molecule has 3 amide bonds. The monoisotopic (exact) mass is 204 g/mol. The largest absolute Gasteiger partial charge is 0.337 e. The zero-order valence-corrected chi connectivity index (χ0v) is 8.43. The molecule has 1 aliphatic heterocycles. The van der Waals surface area contributed by atoms with E-state index in [9.17, 15) is 9.59 Å². The first kappa shape index (κ1) is 9.71. The van der Waals surface area contributed by atoms with Crippen molar-refractivity contribution in [2.75, 3.05) is 11.4 Å². The van der Waals surface area contributed by atoms with E-state index in [1.807, 2.05) is 6.07 Å². The van der Waals surface area contributed by atoms with Crippen molar-refractivity contribution >= 4 is 17.6 Å². The van der Waals surface area contributed by atoms with Gasteiger partial charge in [-0.1, -0.05) is 25.1 Å². The summed E-state index contributed by atoms with van der Waals surface area (Å²) in [6, 6.07) is 8.60. The molecule has 0 saturated carbocycles. The van der Waals surface area contributed by atoms with E-state index in [1.165, 1.54) is 4.90 Å². The molecule has 1 aromatic rings. The molecule has 1 aromatic carbocycles. The molecular weight excluding hydrogens is 192 g/mol. The van der Waals surface area contributed by atoms with E-state index in [0.717, 1.165) is 0 Å². The van der Waals surface area contributed by atoms with Crippen LogP contribution in [0.5, 0.6) is 0 Å². The molecule has 1 aliphatic rings. The summed E-state index contributed by atoms with van der Waals surface area (Å²) < 4.78 is 0. The van der Waals surface area contributed by atoms with E-state index >= 15 is 0 Å². The van der Waals surface area contributed by atoms with E-state index in [-0.39, 0.29) is 17.9 Å². The molecular formula is C11H12N2O2. The molecule has 1 heterocycles. The smallest absolute Gasteiger partial charge is 0.328 e. The number of nitrogens with one attached hydrogen (secondary N) is 1. The number of carbonyl (C=O) groups excluding carboxylic acids is 2. The molecule has 0 aromatic heterocycles. The molecule has 78 valence electrons. The minimum absolute atomic E-state index is 0.148. The quantitative estimate of drug-likeness (QED) is 0.751. The highest BCUT2D eigenvalue weighted by atomic mass is 16.2. The Balaban J connectivity index is 2.34. The molecule has 0 spiro atoms. The Morgan fingerprint density at radius 3 is 2.60 bits per heavy atom. The number of rotatable bonds is 1. The molecule has 0 aliphatic carbocycles. The maximum absolute atomic E-state index is 11.8. The van der Waals surface area contributed by atoms with Crippen LogP contribution in [0.3, 0.4) is 0 Å². The van der Waals surface area contributed by atoms with Crippen LogP contribution in [-0.4, -0.2) is 18.5 Å². The van der Waals surface area contributed by atoms with E-state index in [0.29, 0.717) is 12.2 Å². The third-order valence-corrected chi connectivity index (χ3v) is 2.42. The van der Waals surface area contributed by atoms with Gasteiger partial charge >= 0.3 is 6.03 Å². The Hall–Kier alpha value is -1.84. The average molecular weight is 204 g/mol. The standard InChI is InChI=1S/C11H12N2O2/c1-8-7-12-11(15)13(10(8)14)9-5-3-2-4-6-9/h2-6,8H,7H2,1H3,(H,12,15)/t8-/m1/s1. The van der Waals surface area contributed by atoms with Crippen LogP contribution < -0.4 is 10.2 Å². The van der Waals surface area contributed by atoms with Gasteiger partial charge < -0.3 is 5.32 Å². The van der Waals surface area contributed by atoms with Gasteiger partial charge in [0.05, 0.1) is 11.6 Å². The molecule has 2 rings (SSSR count). The van der Waals surface area contributed by atoms with Gasteiger partial charge in [0.1, 0.15) is 0 Å². The highest BCUT2D eigenvalue weighted by molar-refractivity contribution is 6.16. The lowest BCUT2D eigenvalue weighted by atomic mass is 10.1. The first-order valence-corrected chi connectivity index (χ1v) is 4.87. The molecule has 0 bridgehead atoms. The maximum Gasteiger partial charge on any atom is 0.328 e. The summed E-state index contributed by atoms with van der Waals surface area (Å²) in [6.45, 7) is 2.22. The van der Waals surface area contributed by atoms with E-state index < -0.39 is 0 Å². The Morgan fingerprint density at radius 2 is 1.93 bits per heavy atom. The van der Waals surface area contributed by atoms with Crippen LogP contribution in [0.4, 0.5) is 10.5 Å². The van der Waals surface area contributed by atoms with Crippen LogP contribution in [-0.2, 0) is 4.79 Å². The number of hydrogen-bond acceptors (Lipinski definition) is 2. The van der Waals surface area contributed by atoms with Crippen molar-refractivity contribution in [2.45, 2.75) is 6.92 Å². The molecule has 1 N–H and O–H groups in total. The Bertz CT molecular complexity index is 389. The van der Waals surface area contributed by atoms with Gasteiger partial charge in [0.15, 0.2) is 0 Å². The van der Waals surface area contributed by atoms with Crippen molar-refractivity contribution < 1.29 is 9.59 Å². The van der Waals surface area contributed by atoms with E-state index in [2.05, 4.69) is 5.32 Å². The third-order valence-electron chi connectivity index (χ3n) is 2.42. The number of benzene rings is 1. The number of hydrogen-bond donors (Lipinski definition) is 1. The van der Waals surface area contributed by atoms with Gasteiger partial charge in [-0.15, -0.1) is 0 Å². The molecule has 0 unspecified atom stereocenters. The lowest BCUT2D eigenvalue weighted by Gasteiger charge is -2.29. The van der Waals surface area contributed by atoms with Crippen LogP contribution in [0.25, 0.3) is 0 Å². The summed E-state index contributed by atoms with van der Waals surface area (Å²) >= 11 is 0. The zero-order chi connectivity index (χ0) is 10.8. The van der Waals surface area contributed by atoms with Gasteiger partial charge in [-0.3, -0.25) is 4.79 Å². The van der Waals surface area contributed by atoms with Gasteiger partial charge in [-0.05, 0) is 12.1 Å². The summed E-state index contributed by atoms with van der Waals surface area (Å²) in [7, 11) is 0. The Kier molecular flexibility index (Phi) is 2.41. The lowest BCUT2D eigenvalue weighted by molar-refractivity contribution is -0.121. The Labute approximate surface area is 87.9 Å². The second kappa shape index (κ2) is 3.73. The fourth-order valence-electron chi connectivity index (χ4n) is 1.55. The fraction of sp³-hybridized carbons (Fsp3) is 0.273. The summed E-state index contributed by atoms with van der Waals surface area (Å²) in [5, 5.41) is 2.68. The van der Waals surface area contributed by atoms with Crippen LogP contribution in [0.1, 0.15) is 6.92 Å². The van der Waals surface area contributed by atoms with Crippen molar-refractivity contribution in [1.82, 2.24) is 5.32 Å². The van der Waals surface area contributed by atoms with Crippen molar-refractivity contribution in [3.8, 4) is 0 Å². The third kappa shape index (κ3) is 1.70. The Morgan fingerprint density at radius 1 is 1.27 bits per heavy atom. The van der Waals surface area contributed by atoms with Crippen molar-refractivity contribution in [3.05, 3.63) is 30.3 Å². The van der Waals surface area contributed by atoms with Gasteiger partial charge in [-0.25, -0.2) is 9.69 Å². The predicted molar refractivity (Wildman–Crippen MR) is 56.5 cm³/mol. The number of para-hydroxylation sites is 1. The number of anilines is 1. The van der Waals surface area contributed by atoms with Crippen LogP contribution in [0.2, 0.25) is 0 Å². The van der Waals surface area contributed by atoms with E-state index in [4.69, 9.17) is 0 Å². The number of nitrogens with zero attached hydrogens (tertiary/aromatic N) is 1. The summed E-state index contributed by atoms with van der Waals surface area (Å²) in [4.78, 5) is 24.5. The summed E-state index contributed by atoms with van der Waals surface area (Å²) in [5.41, 5.74) is 0.617. The minimum Gasteiger partial charge on any atom is -0.337 e. The van der Waals surface area contributed by atoms with Gasteiger partial charge in [0.2, 0.25) is 5.91 Å². The first-order valence-electron chi connectivity index (χ1n) is 4.87. The molecule has 0 radical (unpaired) electrons. The molecule has 15 heavy (non-hydrogen) atoms. The average Bonchev–Trinajstić information content (AvgIpc) is 2.26. The van der Waals surface area contributed by atoms with Gasteiger partial charge in [0.25, 0.3) is 0 Å². The maximum atomic E-state index is 11.8. The molecule has 4 heteroatoms. The van der Waals surface area contributed by atoms with Crippen LogP contribution in [0.15, 0.2) is 30.3 Å². The molecule has 1 atom stereocenters. The number of amides is 3. The SMILES string of the molecule is C[C@@H]1CNC(=O)N(c2ccccc2)C1=O. The van der Waals surface area contributed by atoms with Gasteiger partial charge in [0, 0.05) is 6.54 Å². The lowest BCUT2D eigenvalue weighted by Crippen LogP contribution is -2.54. The fourth-order valence-corrected chi connectivity index (χ4v) is 1.55. The van der Waals surface area contributed by atoms with E-state index in [1.54, 1.807) is 31.2 Å². The molecule has 4 nitrogen and oxygen atoms in total. The van der Waals surface area contributed by atoms with Crippen LogP contribution in [0, 0.1) is 5.92 Å². The van der Waals surface area contributed by atoms with Gasteiger partial charge in [-0.2, -0.15) is 0 Å². The summed E-state index contributed by atoms with van der Waals surface area (Å²) in [5.74, 6) is -0.312. The second-order valence-electron chi connectivity index (χ2n) is 3.60.